The van der Waals surface area contributed by atoms with Gasteiger partial charge < -0.3 is 5.73 Å². The molecule has 0 fully saturated rings. The number of anilines is 1. The fraction of sp³-hybridized carbons (Fsp3) is 0.385. The number of nitrogens with zero attached hydrogens (tertiary/aromatic N) is 3. The lowest BCUT2D eigenvalue weighted by Crippen LogP contribution is -2.05. The van der Waals surface area contributed by atoms with Crippen molar-refractivity contribution in [1.29, 1.82) is 0 Å². The summed E-state index contributed by atoms with van der Waals surface area (Å²) in [6.07, 6.45) is 1.01. The summed E-state index contributed by atoms with van der Waals surface area (Å²) in [5, 5.41) is 8.08. The molecule has 0 unspecified atom stereocenters. The Labute approximate surface area is 101 Å². The van der Waals surface area contributed by atoms with Crippen molar-refractivity contribution in [3.8, 4) is 5.69 Å². The average Bonchev–Trinajstić information content (AvgIpc) is 2.71. The molecule has 0 spiro atoms. The third-order valence-electron chi connectivity index (χ3n) is 2.84. The third kappa shape index (κ3) is 2.16. The molecule has 0 aliphatic heterocycles. The predicted octanol–water partition coefficient (Wildman–Crippen LogP) is 2.54. The standard InChI is InChI=1S/C13H18N4/c1-4-10-6-5-7-11(8-10)17-12(9(2)3)13(14)15-16-17/h5-9H,4,14H2,1-3H3. The van der Waals surface area contributed by atoms with Gasteiger partial charge in [-0.15, -0.1) is 5.10 Å². The molecular formula is C13H18N4. The highest BCUT2D eigenvalue weighted by Crippen LogP contribution is 2.23. The van der Waals surface area contributed by atoms with Gasteiger partial charge in [0.25, 0.3) is 0 Å². The molecule has 0 saturated carbocycles. The number of nitrogen functional groups attached to an aromatic ring is 1. The van der Waals surface area contributed by atoms with Crippen molar-refractivity contribution in [2.24, 2.45) is 0 Å². The quantitative estimate of drug-likeness (QED) is 0.881. The second kappa shape index (κ2) is 4.57. The van der Waals surface area contributed by atoms with Crippen LogP contribution in [0.2, 0.25) is 0 Å². The minimum atomic E-state index is 0.301. The Hall–Kier alpha value is -1.84. The number of hydrogen-bond donors (Lipinski definition) is 1. The highest BCUT2D eigenvalue weighted by Gasteiger charge is 2.14. The maximum absolute atomic E-state index is 5.86. The zero-order chi connectivity index (χ0) is 12.4. The van der Waals surface area contributed by atoms with Crippen molar-refractivity contribution >= 4 is 5.82 Å². The predicted molar refractivity (Wildman–Crippen MR) is 69.2 cm³/mol. The smallest absolute Gasteiger partial charge is 0.169 e. The van der Waals surface area contributed by atoms with E-state index in [4.69, 9.17) is 5.73 Å². The highest BCUT2D eigenvalue weighted by atomic mass is 15.4. The molecule has 17 heavy (non-hydrogen) atoms. The van der Waals surface area contributed by atoms with E-state index in [1.54, 1.807) is 0 Å². The minimum Gasteiger partial charge on any atom is -0.381 e. The molecule has 0 aliphatic carbocycles. The summed E-state index contributed by atoms with van der Waals surface area (Å²) in [5.74, 6) is 0.817. The summed E-state index contributed by atoms with van der Waals surface area (Å²) in [7, 11) is 0. The fourth-order valence-electron chi connectivity index (χ4n) is 1.94. The van der Waals surface area contributed by atoms with Crippen molar-refractivity contribution in [1.82, 2.24) is 15.0 Å². The van der Waals surface area contributed by atoms with Gasteiger partial charge in [0.2, 0.25) is 0 Å². The molecule has 2 aromatic rings. The van der Waals surface area contributed by atoms with Gasteiger partial charge in [0.1, 0.15) is 0 Å². The molecule has 0 bridgehead atoms. The fourth-order valence-corrected chi connectivity index (χ4v) is 1.94. The van der Waals surface area contributed by atoms with Gasteiger partial charge in [-0.05, 0) is 30.0 Å². The van der Waals surface area contributed by atoms with Gasteiger partial charge in [-0.25, -0.2) is 4.68 Å². The van der Waals surface area contributed by atoms with E-state index in [-0.39, 0.29) is 0 Å². The van der Waals surface area contributed by atoms with Crippen LogP contribution >= 0.6 is 0 Å². The topological polar surface area (TPSA) is 56.7 Å². The van der Waals surface area contributed by atoms with E-state index < -0.39 is 0 Å². The number of benzene rings is 1. The van der Waals surface area contributed by atoms with Gasteiger partial charge in [-0.3, -0.25) is 0 Å². The van der Waals surface area contributed by atoms with Crippen LogP contribution in [0.3, 0.4) is 0 Å². The van der Waals surface area contributed by atoms with Crippen LogP contribution in [-0.4, -0.2) is 15.0 Å². The van der Waals surface area contributed by atoms with Crippen molar-refractivity contribution in [3.63, 3.8) is 0 Å². The average molecular weight is 230 g/mol. The molecule has 90 valence electrons. The maximum Gasteiger partial charge on any atom is 0.169 e. The first-order valence-corrected chi connectivity index (χ1v) is 5.93. The molecule has 1 aromatic carbocycles. The first kappa shape index (κ1) is 11.6. The Kier molecular flexibility index (Phi) is 3.13. The number of nitrogens with two attached hydrogens (primary N) is 1. The Morgan fingerprint density at radius 2 is 2.12 bits per heavy atom. The van der Waals surface area contributed by atoms with Crippen LogP contribution in [0.5, 0.6) is 0 Å². The number of rotatable bonds is 3. The molecule has 4 nitrogen and oxygen atoms in total. The molecular weight excluding hydrogens is 212 g/mol. The summed E-state index contributed by atoms with van der Waals surface area (Å²) >= 11 is 0. The summed E-state index contributed by atoms with van der Waals surface area (Å²) in [6, 6.07) is 8.30. The van der Waals surface area contributed by atoms with Crippen LogP contribution in [0.1, 0.15) is 37.9 Å². The SMILES string of the molecule is CCc1cccc(-n2nnc(N)c2C(C)C)c1. The second-order valence-corrected chi connectivity index (χ2v) is 4.45. The van der Waals surface area contributed by atoms with Crippen molar-refractivity contribution in [2.75, 3.05) is 5.73 Å². The number of aromatic nitrogens is 3. The molecule has 0 amide bonds. The molecule has 4 heteroatoms. The Morgan fingerprint density at radius 3 is 2.76 bits per heavy atom. The third-order valence-corrected chi connectivity index (χ3v) is 2.84. The summed E-state index contributed by atoms with van der Waals surface area (Å²) in [6.45, 7) is 6.32. The molecule has 2 rings (SSSR count). The lowest BCUT2D eigenvalue weighted by Gasteiger charge is -2.10. The van der Waals surface area contributed by atoms with Gasteiger partial charge in [0.15, 0.2) is 5.82 Å². The molecule has 1 aromatic heterocycles. The normalized spacial score (nSPS) is 11.1. The first-order valence-electron chi connectivity index (χ1n) is 5.93. The highest BCUT2D eigenvalue weighted by molar-refractivity contribution is 5.43. The monoisotopic (exact) mass is 230 g/mol. The first-order chi connectivity index (χ1) is 8.13. The zero-order valence-corrected chi connectivity index (χ0v) is 10.5. The van der Waals surface area contributed by atoms with Crippen molar-refractivity contribution < 1.29 is 0 Å². The van der Waals surface area contributed by atoms with Crippen LogP contribution in [0.15, 0.2) is 24.3 Å². The van der Waals surface area contributed by atoms with Gasteiger partial charge >= 0.3 is 0 Å². The van der Waals surface area contributed by atoms with E-state index in [1.165, 1.54) is 5.56 Å². The van der Waals surface area contributed by atoms with Gasteiger partial charge in [-0.1, -0.05) is 38.1 Å². The van der Waals surface area contributed by atoms with E-state index >= 15 is 0 Å². The Bertz CT molecular complexity index is 514. The molecule has 0 radical (unpaired) electrons. The van der Waals surface area contributed by atoms with E-state index in [0.29, 0.717) is 11.7 Å². The number of aryl methyl sites for hydroxylation is 1. The summed E-state index contributed by atoms with van der Waals surface area (Å²) in [4.78, 5) is 0. The molecule has 1 heterocycles. The van der Waals surface area contributed by atoms with Crippen molar-refractivity contribution in [2.45, 2.75) is 33.1 Å². The van der Waals surface area contributed by atoms with Gasteiger partial charge in [0, 0.05) is 0 Å². The molecule has 0 atom stereocenters. The number of hydrogen-bond acceptors (Lipinski definition) is 3. The summed E-state index contributed by atoms with van der Waals surface area (Å²) < 4.78 is 1.83. The van der Waals surface area contributed by atoms with Crippen LogP contribution in [-0.2, 0) is 6.42 Å². The van der Waals surface area contributed by atoms with Gasteiger partial charge in [0.05, 0.1) is 11.4 Å². The van der Waals surface area contributed by atoms with Crippen molar-refractivity contribution in [3.05, 3.63) is 35.5 Å². The van der Waals surface area contributed by atoms with E-state index in [0.717, 1.165) is 17.8 Å². The maximum atomic E-state index is 5.86. The molecule has 0 saturated heterocycles. The second-order valence-electron chi connectivity index (χ2n) is 4.45. The Balaban J connectivity index is 2.52. The minimum absolute atomic E-state index is 0.301. The van der Waals surface area contributed by atoms with Gasteiger partial charge in [-0.2, -0.15) is 0 Å². The lowest BCUT2D eigenvalue weighted by atomic mass is 10.1. The lowest BCUT2D eigenvalue weighted by molar-refractivity contribution is 0.715. The van der Waals surface area contributed by atoms with Crippen LogP contribution in [0.25, 0.3) is 5.69 Å². The van der Waals surface area contributed by atoms with Crippen LogP contribution in [0, 0.1) is 0 Å². The molecule has 2 N–H and O–H groups in total. The van der Waals surface area contributed by atoms with E-state index in [9.17, 15) is 0 Å². The van der Waals surface area contributed by atoms with E-state index in [2.05, 4.69) is 43.2 Å². The van der Waals surface area contributed by atoms with Crippen LogP contribution < -0.4 is 5.73 Å². The molecule has 0 aliphatic rings. The summed E-state index contributed by atoms with van der Waals surface area (Å²) in [5.41, 5.74) is 9.14. The largest absolute Gasteiger partial charge is 0.381 e. The zero-order valence-electron chi connectivity index (χ0n) is 10.5. The van der Waals surface area contributed by atoms with Crippen LogP contribution in [0.4, 0.5) is 5.82 Å². The van der Waals surface area contributed by atoms with E-state index in [1.807, 2.05) is 16.8 Å². The Morgan fingerprint density at radius 1 is 1.35 bits per heavy atom.